The van der Waals surface area contributed by atoms with Crippen molar-refractivity contribution in [1.29, 1.82) is 0 Å². The quantitative estimate of drug-likeness (QED) is 0.734. The lowest BCUT2D eigenvalue weighted by Gasteiger charge is -2.36. The van der Waals surface area contributed by atoms with E-state index in [1.165, 1.54) is 4.90 Å². The maximum absolute atomic E-state index is 12.9. The van der Waals surface area contributed by atoms with Gasteiger partial charge in [0.1, 0.15) is 0 Å². The Morgan fingerprint density at radius 3 is 2.10 bits per heavy atom. The van der Waals surface area contributed by atoms with Gasteiger partial charge in [0.2, 0.25) is 5.91 Å². The molecule has 0 aromatic rings. The lowest BCUT2D eigenvalue weighted by molar-refractivity contribution is -0.148. The summed E-state index contributed by atoms with van der Waals surface area (Å²) < 4.78 is 49.9. The minimum Gasteiger partial charge on any atom is -0.340 e. The van der Waals surface area contributed by atoms with Gasteiger partial charge in [0.05, 0.1) is 6.54 Å². The molecule has 1 rings (SSSR count). The van der Waals surface area contributed by atoms with Gasteiger partial charge in [-0.2, -0.15) is 8.78 Å². The molecule has 0 unspecified atom stereocenters. The van der Waals surface area contributed by atoms with E-state index in [1.54, 1.807) is 4.90 Å². The number of alkyl halides is 4. The Balaban J connectivity index is 0. The van der Waals surface area contributed by atoms with Gasteiger partial charge >= 0.3 is 12.3 Å². The Morgan fingerprint density at radius 2 is 1.67 bits per heavy atom. The second-order valence-corrected chi connectivity index (χ2v) is 4.61. The summed E-state index contributed by atoms with van der Waals surface area (Å²) in [6.07, 6.45) is -2.73. The van der Waals surface area contributed by atoms with Crippen LogP contribution in [-0.2, 0) is 4.79 Å². The van der Waals surface area contributed by atoms with Crippen LogP contribution in [0.15, 0.2) is 0 Å². The SMILES string of the molecule is Cl.Cl.NCCCC(=O)N1CCN(CC(F)(F)C(F)F)CC1. The van der Waals surface area contributed by atoms with Crippen molar-refractivity contribution < 1.29 is 22.4 Å². The van der Waals surface area contributed by atoms with Crippen molar-refractivity contribution in [2.24, 2.45) is 5.73 Å². The maximum atomic E-state index is 12.9. The molecule has 0 aliphatic carbocycles. The van der Waals surface area contributed by atoms with Crippen molar-refractivity contribution in [3.63, 3.8) is 0 Å². The zero-order valence-electron chi connectivity index (χ0n) is 11.4. The monoisotopic (exact) mass is 357 g/mol. The summed E-state index contributed by atoms with van der Waals surface area (Å²) in [7, 11) is 0. The van der Waals surface area contributed by atoms with Crippen LogP contribution in [-0.4, -0.2) is 67.3 Å². The first-order chi connectivity index (χ1) is 8.86. The molecule has 21 heavy (non-hydrogen) atoms. The molecule has 1 saturated heterocycles. The second-order valence-electron chi connectivity index (χ2n) is 4.61. The minimum atomic E-state index is -3.99. The summed E-state index contributed by atoms with van der Waals surface area (Å²) >= 11 is 0. The van der Waals surface area contributed by atoms with Crippen LogP contribution < -0.4 is 5.73 Å². The van der Waals surface area contributed by atoms with Crippen LogP contribution in [0.1, 0.15) is 12.8 Å². The van der Waals surface area contributed by atoms with Gasteiger partial charge in [-0.15, -0.1) is 24.8 Å². The predicted octanol–water partition coefficient (Wildman–Crippen LogP) is 1.61. The van der Waals surface area contributed by atoms with E-state index in [9.17, 15) is 22.4 Å². The minimum absolute atomic E-state index is 0. The van der Waals surface area contributed by atoms with Crippen LogP contribution in [0, 0.1) is 0 Å². The number of amides is 1. The number of piperazine rings is 1. The Labute approximate surface area is 133 Å². The summed E-state index contributed by atoms with van der Waals surface area (Å²) in [4.78, 5) is 14.5. The van der Waals surface area contributed by atoms with Crippen LogP contribution >= 0.6 is 24.8 Å². The van der Waals surface area contributed by atoms with Gasteiger partial charge in [0, 0.05) is 32.6 Å². The zero-order valence-corrected chi connectivity index (χ0v) is 13.1. The van der Waals surface area contributed by atoms with Crippen molar-refractivity contribution in [2.75, 3.05) is 39.3 Å². The fraction of sp³-hybridized carbons (Fsp3) is 0.909. The first kappa shape index (κ1) is 23.0. The molecule has 2 N–H and O–H groups in total. The number of carbonyl (C=O) groups is 1. The molecule has 0 spiro atoms. The molecule has 4 nitrogen and oxygen atoms in total. The van der Waals surface area contributed by atoms with Crippen molar-refractivity contribution >= 4 is 30.7 Å². The molecule has 0 aromatic heterocycles. The molecule has 0 saturated carbocycles. The molecule has 1 heterocycles. The Morgan fingerprint density at radius 1 is 1.14 bits per heavy atom. The largest absolute Gasteiger partial charge is 0.340 e. The lowest BCUT2D eigenvalue weighted by atomic mass is 10.2. The van der Waals surface area contributed by atoms with Gasteiger partial charge in [0.25, 0.3) is 0 Å². The zero-order chi connectivity index (χ0) is 14.5. The van der Waals surface area contributed by atoms with E-state index in [0.717, 1.165) is 0 Å². The summed E-state index contributed by atoms with van der Waals surface area (Å²) in [5.74, 6) is -4.06. The highest BCUT2D eigenvalue weighted by Crippen LogP contribution is 2.24. The smallest absolute Gasteiger partial charge is 0.319 e. The van der Waals surface area contributed by atoms with E-state index in [2.05, 4.69) is 0 Å². The molecular formula is C11H21Cl2F4N3O. The van der Waals surface area contributed by atoms with E-state index in [0.29, 0.717) is 32.5 Å². The van der Waals surface area contributed by atoms with E-state index < -0.39 is 18.9 Å². The first-order valence-electron chi connectivity index (χ1n) is 6.23. The van der Waals surface area contributed by atoms with Crippen molar-refractivity contribution in [1.82, 2.24) is 9.80 Å². The molecule has 0 atom stereocenters. The highest BCUT2D eigenvalue weighted by molar-refractivity contribution is 5.85. The van der Waals surface area contributed by atoms with Crippen LogP contribution in [0.25, 0.3) is 0 Å². The predicted molar refractivity (Wildman–Crippen MR) is 76.8 cm³/mol. The van der Waals surface area contributed by atoms with Gasteiger partial charge in [-0.3, -0.25) is 9.69 Å². The molecule has 10 heteroatoms. The summed E-state index contributed by atoms with van der Waals surface area (Å²) in [5, 5.41) is 0. The first-order valence-corrected chi connectivity index (χ1v) is 6.23. The topological polar surface area (TPSA) is 49.6 Å². The normalized spacial score (nSPS) is 16.4. The second kappa shape index (κ2) is 10.4. The number of hydrogen-bond acceptors (Lipinski definition) is 3. The lowest BCUT2D eigenvalue weighted by Crippen LogP contribution is -2.52. The molecular weight excluding hydrogens is 337 g/mol. The fourth-order valence-electron chi connectivity index (χ4n) is 1.93. The number of hydrogen-bond donors (Lipinski definition) is 1. The van der Waals surface area contributed by atoms with Gasteiger partial charge in [-0.1, -0.05) is 0 Å². The van der Waals surface area contributed by atoms with Crippen molar-refractivity contribution in [2.45, 2.75) is 25.2 Å². The Kier molecular flexibility index (Phi) is 11.4. The Hall–Kier alpha value is -0.310. The highest BCUT2D eigenvalue weighted by atomic mass is 35.5. The van der Waals surface area contributed by atoms with Crippen molar-refractivity contribution in [3.8, 4) is 0 Å². The van der Waals surface area contributed by atoms with Crippen LogP contribution in [0.4, 0.5) is 17.6 Å². The molecule has 1 aliphatic rings. The average Bonchev–Trinajstić information content (AvgIpc) is 2.36. The average molecular weight is 358 g/mol. The van der Waals surface area contributed by atoms with Crippen LogP contribution in [0.5, 0.6) is 0 Å². The van der Waals surface area contributed by atoms with Gasteiger partial charge in [0.15, 0.2) is 0 Å². The molecule has 1 fully saturated rings. The molecule has 0 aromatic carbocycles. The maximum Gasteiger partial charge on any atom is 0.319 e. The standard InChI is InChI=1S/C11H19F4N3O.2ClH/c12-10(13)11(14,15)8-17-4-6-18(7-5-17)9(19)2-1-3-16;;/h10H,1-8,16H2;2*1H. The summed E-state index contributed by atoms with van der Waals surface area (Å²) in [6.45, 7) is 0.431. The molecule has 128 valence electrons. The molecule has 0 bridgehead atoms. The van der Waals surface area contributed by atoms with E-state index >= 15 is 0 Å². The van der Waals surface area contributed by atoms with Crippen LogP contribution in [0.3, 0.4) is 0 Å². The van der Waals surface area contributed by atoms with Gasteiger partial charge in [-0.25, -0.2) is 8.78 Å². The highest BCUT2D eigenvalue weighted by Gasteiger charge is 2.42. The number of halogens is 6. The van der Waals surface area contributed by atoms with Gasteiger partial charge in [-0.05, 0) is 13.0 Å². The number of rotatable bonds is 6. The van der Waals surface area contributed by atoms with E-state index in [1.807, 2.05) is 0 Å². The third-order valence-electron chi connectivity index (χ3n) is 3.07. The molecule has 0 radical (unpaired) electrons. The van der Waals surface area contributed by atoms with E-state index in [4.69, 9.17) is 5.73 Å². The number of nitrogens with two attached hydrogens (primary N) is 1. The summed E-state index contributed by atoms with van der Waals surface area (Å²) in [6, 6.07) is 0. The number of nitrogens with zero attached hydrogens (tertiary/aromatic N) is 2. The third-order valence-corrected chi connectivity index (χ3v) is 3.07. The van der Waals surface area contributed by atoms with Crippen molar-refractivity contribution in [3.05, 3.63) is 0 Å². The van der Waals surface area contributed by atoms with E-state index in [-0.39, 0.29) is 43.8 Å². The number of carbonyl (C=O) groups excluding carboxylic acids is 1. The molecule has 1 amide bonds. The van der Waals surface area contributed by atoms with Crippen LogP contribution in [0.2, 0.25) is 0 Å². The molecule has 1 aliphatic heterocycles. The van der Waals surface area contributed by atoms with Gasteiger partial charge < -0.3 is 10.6 Å². The fourth-order valence-corrected chi connectivity index (χ4v) is 1.93. The third kappa shape index (κ3) is 7.49. The Bertz CT molecular complexity index is 303. The summed E-state index contributed by atoms with van der Waals surface area (Å²) in [5.41, 5.74) is 5.29.